The molecule has 0 bridgehead atoms. The largest absolute Gasteiger partial charge is 0.288 e. The van der Waals surface area contributed by atoms with Crippen LogP contribution in [0.2, 0.25) is 0 Å². The van der Waals surface area contributed by atoms with Crippen LogP contribution in [0.5, 0.6) is 0 Å². The first kappa shape index (κ1) is 7.54. The van der Waals surface area contributed by atoms with Crippen LogP contribution >= 0.6 is 0 Å². The standard InChI is InChI=1S/C7H14N2O/c1-7(2,3)9-5-4-6(10)8-9/h4-5H2,1-3H3,(H,8,10). The second kappa shape index (κ2) is 2.23. The first-order valence-corrected chi connectivity index (χ1v) is 3.57. The highest BCUT2D eigenvalue weighted by atomic mass is 16.2. The number of hydrogen-bond acceptors (Lipinski definition) is 2. The van der Waals surface area contributed by atoms with E-state index in [2.05, 4.69) is 26.2 Å². The van der Waals surface area contributed by atoms with Gasteiger partial charge in [0, 0.05) is 18.5 Å². The van der Waals surface area contributed by atoms with Crippen molar-refractivity contribution in [2.24, 2.45) is 0 Å². The predicted octanol–water partition coefficient (Wildman–Crippen LogP) is 0.522. The molecule has 3 heteroatoms. The minimum Gasteiger partial charge on any atom is -0.288 e. The van der Waals surface area contributed by atoms with Crippen molar-refractivity contribution in [3.8, 4) is 0 Å². The zero-order chi connectivity index (χ0) is 7.78. The molecular formula is C7H14N2O. The van der Waals surface area contributed by atoms with Gasteiger partial charge in [-0.3, -0.25) is 10.2 Å². The molecule has 1 amide bonds. The van der Waals surface area contributed by atoms with E-state index in [1.807, 2.05) is 5.01 Å². The highest BCUT2D eigenvalue weighted by molar-refractivity contribution is 5.77. The molecule has 0 aromatic rings. The van der Waals surface area contributed by atoms with Gasteiger partial charge in [0.25, 0.3) is 0 Å². The molecule has 1 fully saturated rings. The van der Waals surface area contributed by atoms with Gasteiger partial charge in [-0.15, -0.1) is 0 Å². The van der Waals surface area contributed by atoms with Crippen LogP contribution in [0.4, 0.5) is 0 Å². The molecule has 0 unspecified atom stereocenters. The lowest BCUT2D eigenvalue weighted by molar-refractivity contribution is -0.122. The van der Waals surface area contributed by atoms with E-state index in [0.717, 1.165) is 6.54 Å². The van der Waals surface area contributed by atoms with Crippen molar-refractivity contribution < 1.29 is 4.79 Å². The molecule has 3 nitrogen and oxygen atoms in total. The van der Waals surface area contributed by atoms with Crippen molar-refractivity contribution in [3.05, 3.63) is 0 Å². The minimum absolute atomic E-state index is 0.0617. The van der Waals surface area contributed by atoms with E-state index < -0.39 is 0 Å². The summed E-state index contributed by atoms with van der Waals surface area (Å²) in [5.41, 5.74) is 2.85. The van der Waals surface area contributed by atoms with E-state index in [4.69, 9.17) is 0 Å². The van der Waals surface area contributed by atoms with Crippen molar-refractivity contribution in [1.29, 1.82) is 0 Å². The number of nitrogens with one attached hydrogen (secondary N) is 1. The van der Waals surface area contributed by atoms with Gasteiger partial charge < -0.3 is 0 Å². The van der Waals surface area contributed by atoms with Crippen LogP contribution in [0, 0.1) is 0 Å². The normalized spacial score (nSPS) is 21.3. The third-order valence-corrected chi connectivity index (χ3v) is 1.63. The van der Waals surface area contributed by atoms with Crippen LogP contribution in [0.25, 0.3) is 0 Å². The van der Waals surface area contributed by atoms with Crippen molar-refractivity contribution in [2.45, 2.75) is 32.7 Å². The summed E-state index contributed by atoms with van der Waals surface area (Å²) in [5, 5.41) is 1.97. The number of hydrogen-bond donors (Lipinski definition) is 1. The second-order valence-corrected chi connectivity index (χ2v) is 3.61. The average Bonchev–Trinajstić information content (AvgIpc) is 2.11. The SMILES string of the molecule is CC(C)(C)N1CCC(=O)N1. The quantitative estimate of drug-likeness (QED) is 0.535. The number of rotatable bonds is 0. The Hall–Kier alpha value is -0.570. The van der Waals surface area contributed by atoms with Gasteiger partial charge in [-0.05, 0) is 20.8 Å². The van der Waals surface area contributed by atoms with Gasteiger partial charge in [0.05, 0.1) is 0 Å². The number of carbonyl (C=O) groups excluding carboxylic acids is 1. The van der Waals surface area contributed by atoms with Crippen molar-refractivity contribution >= 4 is 5.91 Å². The molecule has 1 rings (SSSR count). The molecule has 0 aromatic heterocycles. The minimum atomic E-state index is 0.0617. The van der Waals surface area contributed by atoms with Gasteiger partial charge in [-0.2, -0.15) is 0 Å². The van der Waals surface area contributed by atoms with Crippen molar-refractivity contribution in [2.75, 3.05) is 6.54 Å². The lowest BCUT2D eigenvalue weighted by atomic mass is 10.1. The van der Waals surface area contributed by atoms with Crippen LogP contribution < -0.4 is 5.43 Å². The molecule has 1 aliphatic heterocycles. The maximum absolute atomic E-state index is 10.7. The van der Waals surface area contributed by atoms with Crippen LogP contribution in [-0.4, -0.2) is 23.0 Å². The van der Waals surface area contributed by atoms with Crippen molar-refractivity contribution in [1.82, 2.24) is 10.4 Å². The fourth-order valence-electron chi connectivity index (χ4n) is 0.979. The van der Waals surface area contributed by atoms with Gasteiger partial charge >= 0.3 is 0 Å². The highest BCUT2D eigenvalue weighted by Gasteiger charge is 2.27. The fraction of sp³-hybridized carbons (Fsp3) is 0.857. The first-order valence-electron chi connectivity index (χ1n) is 3.57. The Kier molecular flexibility index (Phi) is 1.68. The summed E-state index contributed by atoms with van der Waals surface area (Å²) >= 11 is 0. The number of hydrazine groups is 1. The molecular weight excluding hydrogens is 128 g/mol. The summed E-state index contributed by atoms with van der Waals surface area (Å²) in [4.78, 5) is 10.7. The summed E-state index contributed by atoms with van der Waals surface area (Å²) in [7, 11) is 0. The summed E-state index contributed by atoms with van der Waals surface area (Å²) in [6, 6.07) is 0. The van der Waals surface area contributed by atoms with Crippen LogP contribution in [-0.2, 0) is 4.79 Å². The van der Waals surface area contributed by atoms with Crippen molar-refractivity contribution in [3.63, 3.8) is 0 Å². The number of amides is 1. The Morgan fingerprint density at radius 1 is 1.50 bits per heavy atom. The maximum Gasteiger partial charge on any atom is 0.235 e. The van der Waals surface area contributed by atoms with Gasteiger partial charge in [0.1, 0.15) is 0 Å². The summed E-state index contributed by atoms with van der Waals surface area (Å²) in [5.74, 6) is 0.134. The fourth-order valence-corrected chi connectivity index (χ4v) is 0.979. The second-order valence-electron chi connectivity index (χ2n) is 3.61. The van der Waals surface area contributed by atoms with Gasteiger partial charge in [-0.25, -0.2) is 5.01 Å². The third kappa shape index (κ3) is 1.48. The monoisotopic (exact) mass is 142 g/mol. The topological polar surface area (TPSA) is 32.3 Å². The van der Waals surface area contributed by atoms with Crippen LogP contribution in [0.3, 0.4) is 0 Å². The van der Waals surface area contributed by atoms with Gasteiger partial charge in [-0.1, -0.05) is 0 Å². The van der Waals surface area contributed by atoms with E-state index in [0.29, 0.717) is 6.42 Å². The maximum atomic E-state index is 10.7. The van der Waals surface area contributed by atoms with E-state index in [-0.39, 0.29) is 11.4 Å². The van der Waals surface area contributed by atoms with Gasteiger partial charge in [0.15, 0.2) is 0 Å². The number of nitrogens with zero attached hydrogens (tertiary/aromatic N) is 1. The molecule has 10 heavy (non-hydrogen) atoms. The molecule has 0 spiro atoms. The Balaban J connectivity index is 2.53. The van der Waals surface area contributed by atoms with Gasteiger partial charge in [0.2, 0.25) is 5.91 Å². The smallest absolute Gasteiger partial charge is 0.235 e. The zero-order valence-electron chi connectivity index (χ0n) is 6.77. The molecule has 0 radical (unpaired) electrons. The Labute approximate surface area is 61.4 Å². The number of carbonyl (C=O) groups is 1. The lowest BCUT2D eigenvalue weighted by Crippen LogP contribution is -2.46. The molecule has 1 N–H and O–H groups in total. The summed E-state index contributed by atoms with van der Waals surface area (Å²) in [6.45, 7) is 7.08. The van der Waals surface area contributed by atoms with Crippen LogP contribution in [0.15, 0.2) is 0 Å². The Morgan fingerprint density at radius 2 is 2.10 bits per heavy atom. The first-order chi connectivity index (χ1) is 4.50. The molecule has 0 aromatic carbocycles. The summed E-state index contributed by atoms with van der Waals surface area (Å²) in [6.07, 6.45) is 0.636. The molecule has 1 saturated heterocycles. The van der Waals surface area contributed by atoms with E-state index in [1.54, 1.807) is 0 Å². The Morgan fingerprint density at radius 3 is 2.30 bits per heavy atom. The zero-order valence-corrected chi connectivity index (χ0v) is 6.77. The predicted molar refractivity (Wildman–Crippen MR) is 39.2 cm³/mol. The third-order valence-electron chi connectivity index (χ3n) is 1.63. The molecule has 58 valence electrons. The van der Waals surface area contributed by atoms with E-state index >= 15 is 0 Å². The molecule has 0 aliphatic carbocycles. The highest BCUT2D eigenvalue weighted by Crippen LogP contribution is 2.13. The van der Waals surface area contributed by atoms with E-state index in [1.165, 1.54) is 0 Å². The molecule has 0 atom stereocenters. The van der Waals surface area contributed by atoms with E-state index in [9.17, 15) is 4.79 Å². The molecule has 1 aliphatic rings. The lowest BCUT2D eigenvalue weighted by Gasteiger charge is -2.30. The van der Waals surface area contributed by atoms with Crippen LogP contribution in [0.1, 0.15) is 27.2 Å². The average molecular weight is 142 g/mol. The molecule has 0 saturated carbocycles. The molecule has 1 heterocycles. The Bertz CT molecular complexity index is 148. The summed E-state index contributed by atoms with van der Waals surface area (Å²) < 4.78 is 0.